The van der Waals surface area contributed by atoms with Crippen molar-refractivity contribution in [2.45, 2.75) is 13.2 Å². The van der Waals surface area contributed by atoms with E-state index in [9.17, 15) is 0 Å². The molecule has 0 saturated heterocycles. The first-order valence-electron chi connectivity index (χ1n) is 7.31. The SMILES string of the molecule is COCOc1ccc(COCc2ccc(OCOC)cc2)cc1. The van der Waals surface area contributed by atoms with E-state index < -0.39 is 0 Å². The summed E-state index contributed by atoms with van der Waals surface area (Å²) in [4.78, 5) is 0. The van der Waals surface area contributed by atoms with E-state index >= 15 is 0 Å². The van der Waals surface area contributed by atoms with Crippen LogP contribution in [0.2, 0.25) is 0 Å². The molecule has 5 nitrogen and oxygen atoms in total. The Balaban J connectivity index is 1.73. The summed E-state index contributed by atoms with van der Waals surface area (Å²) in [6.07, 6.45) is 0. The zero-order valence-corrected chi connectivity index (χ0v) is 13.5. The van der Waals surface area contributed by atoms with Crippen LogP contribution in [0, 0.1) is 0 Å². The highest BCUT2D eigenvalue weighted by Gasteiger charge is 1.99. The van der Waals surface area contributed by atoms with Crippen molar-refractivity contribution in [3.05, 3.63) is 59.7 Å². The van der Waals surface area contributed by atoms with Gasteiger partial charge in [-0.2, -0.15) is 0 Å². The molecule has 0 radical (unpaired) electrons. The average Bonchev–Trinajstić information content (AvgIpc) is 2.60. The summed E-state index contributed by atoms with van der Waals surface area (Å²) in [5.74, 6) is 1.56. The zero-order valence-electron chi connectivity index (χ0n) is 13.5. The third-order valence-corrected chi connectivity index (χ3v) is 3.07. The van der Waals surface area contributed by atoms with Crippen molar-refractivity contribution in [1.29, 1.82) is 0 Å². The molecular weight excluding hydrogens is 296 g/mol. The second-order valence-corrected chi connectivity index (χ2v) is 4.88. The van der Waals surface area contributed by atoms with Crippen LogP contribution in [-0.4, -0.2) is 27.8 Å². The van der Waals surface area contributed by atoms with Crippen LogP contribution in [0.25, 0.3) is 0 Å². The highest BCUT2D eigenvalue weighted by atomic mass is 16.7. The maximum atomic E-state index is 5.72. The van der Waals surface area contributed by atoms with Crippen LogP contribution in [0.5, 0.6) is 11.5 Å². The third kappa shape index (κ3) is 6.28. The Bertz CT molecular complexity index is 499. The number of methoxy groups -OCH3 is 2. The Morgan fingerprint density at radius 3 is 1.35 bits per heavy atom. The van der Waals surface area contributed by atoms with Crippen LogP contribution in [-0.2, 0) is 27.4 Å². The molecule has 5 heteroatoms. The largest absolute Gasteiger partial charge is 0.468 e. The van der Waals surface area contributed by atoms with E-state index in [-0.39, 0.29) is 13.6 Å². The molecule has 0 amide bonds. The normalized spacial score (nSPS) is 10.5. The monoisotopic (exact) mass is 318 g/mol. The zero-order chi connectivity index (χ0) is 16.3. The van der Waals surface area contributed by atoms with Crippen molar-refractivity contribution >= 4 is 0 Å². The second kappa shape index (κ2) is 9.84. The van der Waals surface area contributed by atoms with E-state index in [1.165, 1.54) is 0 Å². The van der Waals surface area contributed by atoms with Gasteiger partial charge in [-0.25, -0.2) is 0 Å². The quantitative estimate of drug-likeness (QED) is 0.629. The molecule has 0 unspecified atom stereocenters. The molecule has 2 rings (SSSR count). The Kier molecular flexibility index (Phi) is 7.39. The molecule has 0 bridgehead atoms. The predicted octanol–water partition coefficient (Wildman–Crippen LogP) is 3.37. The lowest BCUT2D eigenvalue weighted by molar-refractivity contribution is 0.0509. The molecule has 0 saturated carbocycles. The predicted molar refractivity (Wildman–Crippen MR) is 86.4 cm³/mol. The van der Waals surface area contributed by atoms with Crippen LogP contribution in [0.15, 0.2) is 48.5 Å². The number of rotatable bonds is 10. The summed E-state index contributed by atoms with van der Waals surface area (Å²) in [6, 6.07) is 15.5. The minimum Gasteiger partial charge on any atom is -0.468 e. The summed E-state index contributed by atoms with van der Waals surface area (Å²) in [5.41, 5.74) is 2.18. The molecule has 0 aliphatic carbocycles. The van der Waals surface area contributed by atoms with Crippen LogP contribution >= 0.6 is 0 Å². The number of hydrogen-bond donors (Lipinski definition) is 0. The van der Waals surface area contributed by atoms with Crippen molar-refractivity contribution in [1.82, 2.24) is 0 Å². The number of ether oxygens (including phenoxy) is 5. The van der Waals surface area contributed by atoms with Gasteiger partial charge >= 0.3 is 0 Å². The van der Waals surface area contributed by atoms with Crippen LogP contribution in [0.1, 0.15) is 11.1 Å². The standard InChI is InChI=1S/C18H22O5/c1-19-13-22-17-7-3-15(4-8-17)11-21-12-16-5-9-18(10-6-16)23-14-20-2/h3-10H,11-14H2,1-2H3. The van der Waals surface area contributed by atoms with Crippen LogP contribution in [0.3, 0.4) is 0 Å². The van der Waals surface area contributed by atoms with Gasteiger partial charge < -0.3 is 23.7 Å². The molecule has 0 atom stereocenters. The van der Waals surface area contributed by atoms with Crippen molar-refractivity contribution in [2.75, 3.05) is 27.8 Å². The summed E-state index contributed by atoms with van der Waals surface area (Å²) in [5, 5.41) is 0. The van der Waals surface area contributed by atoms with Gasteiger partial charge in [0.25, 0.3) is 0 Å². The van der Waals surface area contributed by atoms with E-state index in [1.54, 1.807) is 14.2 Å². The molecule has 124 valence electrons. The Morgan fingerprint density at radius 2 is 1.00 bits per heavy atom. The molecule has 0 aromatic heterocycles. The molecule has 0 aliphatic rings. The summed E-state index contributed by atoms with van der Waals surface area (Å²) >= 11 is 0. The second-order valence-electron chi connectivity index (χ2n) is 4.88. The highest BCUT2D eigenvalue weighted by Crippen LogP contribution is 2.15. The fourth-order valence-corrected chi connectivity index (χ4v) is 1.90. The maximum absolute atomic E-state index is 5.72. The summed E-state index contributed by atoms with van der Waals surface area (Å²) in [7, 11) is 3.19. The lowest BCUT2D eigenvalue weighted by atomic mass is 10.2. The van der Waals surface area contributed by atoms with Crippen LogP contribution in [0.4, 0.5) is 0 Å². The van der Waals surface area contributed by atoms with Gasteiger partial charge in [0, 0.05) is 14.2 Å². The third-order valence-electron chi connectivity index (χ3n) is 3.07. The van der Waals surface area contributed by atoms with Gasteiger partial charge in [0.15, 0.2) is 13.6 Å². The van der Waals surface area contributed by atoms with Crippen molar-refractivity contribution in [3.8, 4) is 11.5 Å². The molecule has 0 heterocycles. The van der Waals surface area contributed by atoms with Gasteiger partial charge in [-0.1, -0.05) is 24.3 Å². The van der Waals surface area contributed by atoms with Crippen molar-refractivity contribution in [3.63, 3.8) is 0 Å². The minimum atomic E-state index is 0.250. The first kappa shape index (κ1) is 17.3. The molecule has 23 heavy (non-hydrogen) atoms. The number of hydrogen-bond acceptors (Lipinski definition) is 5. The topological polar surface area (TPSA) is 46.2 Å². The van der Waals surface area contributed by atoms with Crippen LogP contribution < -0.4 is 9.47 Å². The van der Waals surface area contributed by atoms with Gasteiger partial charge in [-0.05, 0) is 35.4 Å². The molecular formula is C18H22O5. The van der Waals surface area contributed by atoms with E-state index in [2.05, 4.69) is 0 Å². The lowest BCUT2D eigenvalue weighted by Gasteiger charge is -2.08. The molecule has 2 aromatic carbocycles. The van der Waals surface area contributed by atoms with Gasteiger partial charge in [0.2, 0.25) is 0 Å². The average molecular weight is 318 g/mol. The fourth-order valence-electron chi connectivity index (χ4n) is 1.90. The maximum Gasteiger partial charge on any atom is 0.188 e. The van der Waals surface area contributed by atoms with E-state index in [0.717, 1.165) is 22.6 Å². The Labute approximate surface area is 136 Å². The smallest absolute Gasteiger partial charge is 0.188 e. The highest BCUT2D eigenvalue weighted by molar-refractivity contribution is 5.28. The first-order valence-corrected chi connectivity index (χ1v) is 7.31. The first-order chi connectivity index (χ1) is 11.3. The lowest BCUT2D eigenvalue weighted by Crippen LogP contribution is -2.00. The summed E-state index contributed by atoms with van der Waals surface area (Å²) < 4.78 is 26.1. The van der Waals surface area contributed by atoms with Gasteiger partial charge in [-0.3, -0.25) is 0 Å². The van der Waals surface area contributed by atoms with Crippen molar-refractivity contribution < 1.29 is 23.7 Å². The molecule has 0 N–H and O–H groups in total. The Hall–Kier alpha value is -2.08. The van der Waals surface area contributed by atoms with E-state index in [1.807, 2.05) is 48.5 Å². The van der Waals surface area contributed by atoms with Gasteiger partial charge in [0.05, 0.1) is 13.2 Å². The number of benzene rings is 2. The molecule has 2 aromatic rings. The fraction of sp³-hybridized carbons (Fsp3) is 0.333. The van der Waals surface area contributed by atoms with Gasteiger partial charge in [0.1, 0.15) is 11.5 Å². The molecule has 0 fully saturated rings. The Morgan fingerprint density at radius 1 is 0.609 bits per heavy atom. The summed E-state index contributed by atoms with van der Waals surface area (Å²) in [6.45, 7) is 1.60. The van der Waals surface area contributed by atoms with Crippen molar-refractivity contribution in [2.24, 2.45) is 0 Å². The minimum absolute atomic E-state index is 0.250. The molecule has 0 spiro atoms. The molecule has 0 aliphatic heterocycles. The van der Waals surface area contributed by atoms with E-state index in [4.69, 9.17) is 23.7 Å². The van der Waals surface area contributed by atoms with E-state index in [0.29, 0.717) is 13.2 Å². The van der Waals surface area contributed by atoms with Gasteiger partial charge in [-0.15, -0.1) is 0 Å².